The SMILES string of the molecule is Cc1ncc(-c2ccc(NC(=O)[C@H](NC[C@H](C)c3ccc(C#N)cc3)c3ccccc3)cc2)cn1. The number of nitrogens with one attached hydrogen (secondary N) is 2. The molecular formula is C29H27N5O. The lowest BCUT2D eigenvalue weighted by atomic mass is 9.98. The molecule has 0 spiro atoms. The van der Waals surface area contributed by atoms with Crippen LogP contribution in [0, 0.1) is 18.3 Å². The lowest BCUT2D eigenvalue weighted by molar-refractivity contribution is -0.118. The van der Waals surface area contributed by atoms with Gasteiger partial charge < -0.3 is 10.6 Å². The minimum atomic E-state index is -0.512. The molecule has 35 heavy (non-hydrogen) atoms. The first kappa shape index (κ1) is 23.8. The summed E-state index contributed by atoms with van der Waals surface area (Å²) < 4.78 is 0. The number of nitriles is 1. The van der Waals surface area contributed by atoms with E-state index in [4.69, 9.17) is 5.26 Å². The Morgan fingerprint density at radius 2 is 1.54 bits per heavy atom. The van der Waals surface area contributed by atoms with Crippen molar-refractivity contribution in [2.45, 2.75) is 25.8 Å². The first-order valence-corrected chi connectivity index (χ1v) is 11.5. The fraction of sp³-hybridized carbons (Fsp3) is 0.172. The van der Waals surface area contributed by atoms with E-state index in [2.05, 4.69) is 33.6 Å². The number of carbonyl (C=O) groups excluding carboxylic acids is 1. The summed E-state index contributed by atoms with van der Waals surface area (Å²) in [6.45, 7) is 4.55. The Morgan fingerprint density at radius 3 is 2.17 bits per heavy atom. The maximum atomic E-state index is 13.3. The van der Waals surface area contributed by atoms with Crippen LogP contribution >= 0.6 is 0 Å². The average molecular weight is 462 g/mol. The zero-order valence-electron chi connectivity index (χ0n) is 19.8. The number of hydrogen-bond donors (Lipinski definition) is 2. The van der Waals surface area contributed by atoms with E-state index in [0.29, 0.717) is 12.1 Å². The largest absolute Gasteiger partial charge is 0.324 e. The van der Waals surface area contributed by atoms with Gasteiger partial charge in [-0.3, -0.25) is 4.79 Å². The van der Waals surface area contributed by atoms with Crippen LogP contribution in [0.4, 0.5) is 5.69 Å². The minimum Gasteiger partial charge on any atom is -0.324 e. The number of nitrogens with zero attached hydrogens (tertiary/aromatic N) is 3. The molecule has 6 heteroatoms. The molecule has 2 N–H and O–H groups in total. The molecule has 0 saturated heterocycles. The zero-order valence-corrected chi connectivity index (χ0v) is 19.8. The molecule has 3 aromatic carbocycles. The van der Waals surface area contributed by atoms with Crippen LogP contribution in [-0.2, 0) is 4.79 Å². The summed E-state index contributed by atoms with van der Waals surface area (Å²) in [5.74, 6) is 0.762. The molecule has 0 radical (unpaired) electrons. The highest BCUT2D eigenvalue weighted by atomic mass is 16.2. The van der Waals surface area contributed by atoms with E-state index in [9.17, 15) is 4.79 Å². The number of carbonyl (C=O) groups is 1. The Hall–Kier alpha value is -4.34. The Morgan fingerprint density at radius 1 is 0.886 bits per heavy atom. The van der Waals surface area contributed by atoms with Crippen molar-refractivity contribution in [3.05, 3.63) is 114 Å². The van der Waals surface area contributed by atoms with Crippen molar-refractivity contribution in [2.75, 3.05) is 11.9 Å². The normalized spacial score (nSPS) is 12.4. The van der Waals surface area contributed by atoms with Crippen molar-refractivity contribution >= 4 is 11.6 Å². The highest BCUT2D eigenvalue weighted by Gasteiger charge is 2.21. The average Bonchev–Trinajstić information content (AvgIpc) is 2.90. The van der Waals surface area contributed by atoms with E-state index in [1.807, 2.05) is 85.8 Å². The highest BCUT2D eigenvalue weighted by molar-refractivity contribution is 5.95. The van der Waals surface area contributed by atoms with E-state index < -0.39 is 6.04 Å². The Bertz CT molecular complexity index is 1290. The summed E-state index contributed by atoms with van der Waals surface area (Å²) in [4.78, 5) is 21.8. The van der Waals surface area contributed by atoms with Crippen molar-refractivity contribution in [3.63, 3.8) is 0 Å². The predicted molar refractivity (Wildman–Crippen MR) is 138 cm³/mol. The smallest absolute Gasteiger partial charge is 0.246 e. The highest BCUT2D eigenvalue weighted by Crippen LogP contribution is 2.23. The van der Waals surface area contributed by atoms with Crippen molar-refractivity contribution in [1.82, 2.24) is 15.3 Å². The molecule has 0 unspecified atom stereocenters. The second-order valence-corrected chi connectivity index (χ2v) is 8.47. The van der Waals surface area contributed by atoms with Crippen LogP contribution in [0.3, 0.4) is 0 Å². The van der Waals surface area contributed by atoms with Gasteiger partial charge in [-0.2, -0.15) is 5.26 Å². The van der Waals surface area contributed by atoms with E-state index in [1.165, 1.54) is 0 Å². The van der Waals surface area contributed by atoms with Gasteiger partial charge in [-0.05, 0) is 53.8 Å². The van der Waals surface area contributed by atoms with E-state index in [0.717, 1.165) is 33.8 Å². The number of hydrogen-bond acceptors (Lipinski definition) is 5. The molecule has 0 fully saturated rings. The fourth-order valence-electron chi connectivity index (χ4n) is 3.81. The molecule has 0 bridgehead atoms. The van der Waals surface area contributed by atoms with Gasteiger partial charge in [-0.15, -0.1) is 0 Å². The molecular weight excluding hydrogens is 434 g/mol. The zero-order chi connectivity index (χ0) is 24.6. The molecule has 6 nitrogen and oxygen atoms in total. The first-order valence-electron chi connectivity index (χ1n) is 11.5. The maximum absolute atomic E-state index is 13.3. The molecule has 1 heterocycles. The molecule has 1 amide bonds. The Kier molecular flexibility index (Phi) is 7.61. The summed E-state index contributed by atoms with van der Waals surface area (Å²) in [6.07, 6.45) is 3.58. The van der Waals surface area contributed by atoms with Crippen molar-refractivity contribution < 1.29 is 4.79 Å². The minimum absolute atomic E-state index is 0.130. The van der Waals surface area contributed by atoms with Gasteiger partial charge in [0.1, 0.15) is 11.9 Å². The topological polar surface area (TPSA) is 90.7 Å². The van der Waals surface area contributed by atoms with Crippen LogP contribution in [0.15, 0.2) is 91.3 Å². The Labute approximate surface area is 205 Å². The van der Waals surface area contributed by atoms with Gasteiger partial charge in [-0.25, -0.2) is 9.97 Å². The maximum Gasteiger partial charge on any atom is 0.246 e. The van der Waals surface area contributed by atoms with E-state index >= 15 is 0 Å². The summed E-state index contributed by atoms with van der Waals surface area (Å²) in [5, 5.41) is 15.5. The number of anilines is 1. The molecule has 0 aliphatic rings. The van der Waals surface area contributed by atoms with E-state index in [1.54, 1.807) is 12.4 Å². The summed E-state index contributed by atoms with van der Waals surface area (Å²) in [5.41, 5.74) is 5.27. The van der Waals surface area contributed by atoms with Gasteiger partial charge in [0.2, 0.25) is 5.91 Å². The summed E-state index contributed by atoms with van der Waals surface area (Å²) in [7, 11) is 0. The fourth-order valence-corrected chi connectivity index (χ4v) is 3.81. The Balaban J connectivity index is 1.46. The first-order chi connectivity index (χ1) is 17.0. The molecule has 4 rings (SSSR count). The van der Waals surface area contributed by atoms with Gasteiger partial charge in [-0.1, -0.05) is 61.5 Å². The van der Waals surface area contributed by atoms with Crippen molar-refractivity contribution in [2.24, 2.45) is 0 Å². The number of amides is 1. The van der Waals surface area contributed by atoms with Crippen LogP contribution in [0.1, 0.15) is 41.4 Å². The standard InChI is InChI=1S/C29H27N5O/c1-20(23-10-8-22(16-30)9-11-23)17-33-28(25-6-4-3-5-7-25)29(35)34-27-14-12-24(13-15-27)26-18-31-21(2)32-19-26/h3-15,18-20,28,33H,17H2,1-2H3,(H,34,35)/t20-,28+/m0/s1. The third kappa shape index (κ3) is 6.17. The van der Waals surface area contributed by atoms with Gasteiger partial charge in [0.05, 0.1) is 11.6 Å². The van der Waals surface area contributed by atoms with Gasteiger partial charge in [0, 0.05) is 30.2 Å². The van der Waals surface area contributed by atoms with Crippen LogP contribution in [0.5, 0.6) is 0 Å². The van der Waals surface area contributed by atoms with Crippen LogP contribution in [-0.4, -0.2) is 22.4 Å². The monoisotopic (exact) mass is 461 g/mol. The molecule has 0 saturated carbocycles. The van der Waals surface area contributed by atoms with Crippen LogP contribution in [0.25, 0.3) is 11.1 Å². The number of rotatable bonds is 8. The van der Waals surface area contributed by atoms with Crippen LogP contribution in [0.2, 0.25) is 0 Å². The van der Waals surface area contributed by atoms with Gasteiger partial charge >= 0.3 is 0 Å². The third-order valence-corrected chi connectivity index (χ3v) is 5.90. The molecule has 4 aromatic rings. The summed E-state index contributed by atoms with van der Waals surface area (Å²) >= 11 is 0. The molecule has 0 aliphatic carbocycles. The third-order valence-electron chi connectivity index (χ3n) is 5.90. The lowest BCUT2D eigenvalue weighted by Gasteiger charge is -2.22. The van der Waals surface area contributed by atoms with Crippen LogP contribution < -0.4 is 10.6 Å². The van der Waals surface area contributed by atoms with Gasteiger partial charge in [0.25, 0.3) is 0 Å². The van der Waals surface area contributed by atoms with Crippen molar-refractivity contribution in [3.8, 4) is 17.2 Å². The van der Waals surface area contributed by atoms with Crippen molar-refractivity contribution in [1.29, 1.82) is 5.26 Å². The predicted octanol–water partition coefficient (Wildman–Crippen LogP) is 5.40. The summed E-state index contributed by atoms with van der Waals surface area (Å²) in [6, 6.07) is 26.5. The molecule has 1 aromatic heterocycles. The number of benzene rings is 3. The lowest BCUT2D eigenvalue weighted by Crippen LogP contribution is -2.35. The second-order valence-electron chi connectivity index (χ2n) is 8.47. The number of aromatic nitrogens is 2. The molecule has 0 aliphatic heterocycles. The van der Waals surface area contributed by atoms with E-state index in [-0.39, 0.29) is 11.8 Å². The molecule has 174 valence electrons. The molecule has 2 atom stereocenters. The van der Waals surface area contributed by atoms with Gasteiger partial charge in [0.15, 0.2) is 0 Å². The number of aryl methyl sites for hydroxylation is 1. The second kappa shape index (κ2) is 11.2. The quantitative estimate of drug-likeness (QED) is 0.367.